The van der Waals surface area contributed by atoms with Crippen LogP contribution in [0.5, 0.6) is 0 Å². The van der Waals surface area contributed by atoms with Gasteiger partial charge in [0.15, 0.2) is 0 Å². The summed E-state index contributed by atoms with van der Waals surface area (Å²) in [5.74, 6) is -0.396. The number of likely N-dealkylation sites (tertiary alicyclic amines) is 1. The van der Waals surface area contributed by atoms with Gasteiger partial charge in [-0.3, -0.25) is 4.79 Å². The summed E-state index contributed by atoms with van der Waals surface area (Å²) in [5.41, 5.74) is 0.266. The molecule has 0 aliphatic carbocycles. The Kier molecular flexibility index (Phi) is 4.07. The van der Waals surface area contributed by atoms with Crippen LogP contribution < -0.4 is 5.32 Å². The first-order chi connectivity index (χ1) is 8.58. The van der Waals surface area contributed by atoms with Crippen LogP contribution >= 0.6 is 11.6 Å². The number of carbonyl (C=O) groups is 1. The fourth-order valence-electron chi connectivity index (χ4n) is 2.11. The number of anilines is 1. The quantitative estimate of drug-likeness (QED) is 0.916. The van der Waals surface area contributed by atoms with Crippen molar-refractivity contribution < 1.29 is 9.18 Å². The molecule has 1 aliphatic heterocycles. The molecule has 1 unspecified atom stereocenters. The van der Waals surface area contributed by atoms with Crippen molar-refractivity contribution in [3.63, 3.8) is 0 Å². The largest absolute Gasteiger partial charge is 0.371 e. The lowest BCUT2D eigenvalue weighted by Crippen LogP contribution is -2.39. The van der Waals surface area contributed by atoms with Crippen LogP contribution in [0.25, 0.3) is 0 Å². The van der Waals surface area contributed by atoms with Gasteiger partial charge in [-0.25, -0.2) is 4.39 Å². The van der Waals surface area contributed by atoms with Crippen LogP contribution in [-0.2, 0) is 4.79 Å². The summed E-state index contributed by atoms with van der Waals surface area (Å²) in [6.07, 6.45) is 2.09. The number of carbonyl (C=O) groups excluding carboxylic acids is 1. The number of halogens is 2. The second kappa shape index (κ2) is 5.57. The molecule has 2 rings (SSSR count). The summed E-state index contributed by atoms with van der Waals surface area (Å²) in [6.45, 7) is 3.33. The highest BCUT2D eigenvalue weighted by Gasteiger charge is 2.23. The maximum atomic E-state index is 13.5. The Balaban J connectivity index is 2.03. The summed E-state index contributed by atoms with van der Waals surface area (Å²) in [7, 11) is 0. The topological polar surface area (TPSA) is 32.3 Å². The van der Waals surface area contributed by atoms with E-state index in [0.29, 0.717) is 5.02 Å². The Bertz CT molecular complexity index is 447. The van der Waals surface area contributed by atoms with E-state index in [1.165, 1.54) is 18.2 Å². The Morgan fingerprint density at radius 2 is 2.11 bits per heavy atom. The van der Waals surface area contributed by atoms with Gasteiger partial charge in [-0.1, -0.05) is 11.6 Å². The lowest BCUT2D eigenvalue weighted by Gasteiger charge is -2.22. The van der Waals surface area contributed by atoms with Crippen LogP contribution in [0.4, 0.5) is 10.1 Å². The molecule has 5 heteroatoms. The van der Waals surface area contributed by atoms with E-state index in [1.54, 1.807) is 11.8 Å². The molecule has 0 saturated carbocycles. The van der Waals surface area contributed by atoms with Gasteiger partial charge in [0.05, 0.1) is 5.69 Å². The molecule has 0 bridgehead atoms. The zero-order valence-electron chi connectivity index (χ0n) is 10.2. The molecule has 1 aliphatic rings. The fourth-order valence-corrected chi connectivity index (χ4v) is 2.29. The first-order valence-electron chi connectivity index (χ1n) is 6.08. The van der Waals surface area contributed by atoms with Gasteiger partial charge >= 0.3 is 0 Å². The third-order valence-corrected chi connectivity index (χ3v) is 3.32. The average molecular weight is 271 g/mol. The molecule has 0 radical (unpaired) electrons. The molecule has 1 aromatic carbocycles. The molecular weight excluding hydrogens is 255 g/mol. The van der Waals surface area contributed by atoms with Gasteiger partial charge in [-0.05, 0) is 38.0 Å². The Morgan fingerprint density at radius 1 is 1.44 bits per heavy atom. The van der Waals surface area contributed by atoms with E-state index in [9.17, 15) is 9.18 Å². The molecule has 18 heavy (non-hydrogen) atoms. The molecular formula is C13H16ClFN2O. The highest BCUT2D eigenvalue weighted by Crippen LogP contribution is 2.21. The SMILES string of the molecule is CC(Nc1cc(Cl)ccc1F)C(=O)N1CCCC1. The second-order valence-electron chi connectivity index (χ2n) is 4.52. The van der Waals surface area contributed by atoms with Gasteiger partial charge in [-0.15, -0.1) is 0 Å². The minimum Gasteiger partial charge on any atom is -0.371 e. The predicted octanol–water partition coefficient (Wildman–Crippen LogP) is 2.90. The van der Waals surface area contributed by atoms with Crippen molar-refractivity contribution in [2.45, 2.75) is 25.8 Å². The first kappa shape index (κ1) is 13.1. The van der Waals surface area contributed by atoms with E-state index in [4.69, 9.17) is 11.6 Å². The molecule has 1 amide bonds. The molecule has 98 valence electrons. The molecule has 1 N–H and O–H groups in total. The fraction of sp³-hybridized carbons (Fsp3) is 0.462. The summed E-state index contributed by atoms with van der Waals surface area (Å²) >= 11 is 5.80. The highest BCUT2D eigenvalue weighted by atomic mass is 35.5. The normalized spacial score (nSPS) is 16.7. The van der Waals surface area contributed by atoms with Gasteiger partial charge in [0.2, 0.25) is 5.91 Å². The van der Waals surface area contributed by atoms with Crippen molar-refractivity contribution in [1.82, 2.24) is 4.90 Å². The molecule has 0 aromatic heterocycles. The zero-order chi connectivity index (χ0) is 13.1. The van der Waals surface area contributed by atoms with Crippen molar-refractivity contribution in [2.24, 2.45) is 0 Å². The summed E-state index contributed by atoms with van der Waals surface area (Å²) in [6, 6.07) is 3.81. The van der Waals surface area contributed by atoms with Gasteiger partial charge < -0.3 is 10.2 Å². The van der Waals surface area contributed by atoms with E-state index in [1.807, 2.05) is 0 Å². The number of hydrogen-bond donors (Lipinski definition) is 1. The molecule has 1 saturated heterocycles. The van der Waals surface area contributed by atoms with E-state index in [2.05, 4.69) is 5.32 Å². The Labute approximate surface area is 111 Å². The van der Waals surface area contributed by atoms with Crippen LogP contribution in [0.15, 0.2) is 18.2 Å². The molecule has 1 fully saturated rings. The van der Waals surface area contributed by atoms with Crippen molar-refractivity contribution in [3.05, 3.63) is 29.0 Å². The molecule has 0 spiro atoms. The van der Waals surface area contributed by atoms with Gasteiger partial charge in [0, 0.05) is 18.1 Å². The summed E-state index contributed by atoms with van der Waals surface area (Å²) in [4.78, 5) is 13.9. The highest BCUT2D eigenvalue weighted by molar-refractivity contribution is 6.30. The molecule has 1 atom stereocenters. The molecule has 1 aromatic rings. The third-order valence-electron chi connectivity index (χ3n) is 3.09. The van der Waals surface area contributed by atoms with Crippen molar-refractivity contribution in [1.29, 1.82) is 0 Å². The van der Waals surface area contributed by atoms with E-state index < -0.39 is 11.9 Å². The molecule has 1 heterocycles. The monoisotopic (exact) mass is 270 g/mol. The number of benzene rings is 1. The number of nitrogens with zero attached hydrogens (tertiary/aromatic N) is 1. The number of rotatable bonds is 3. The van der Waals surface area contributed by atoms with Crippen molar-refractivity contribution >= 4 is 23.2 Å². The van der Waals surface area contributed by atoms with Crippen LogP contribution in [-0.4, -0.2) is 29.9 Å². The lowest BCUT2D eigenvalue weighted by atomic mass is 10.2. The minimum absolute atomic E-state index is 0.00637. The van der Waals surface area contributed by atoms with Gasteiger partial charge in [0.1, 0.15) is 11.9 Å². The maximum Gasteiger partial charge on any atom is 0.244 e. The second-order valence-corrected chi connectivity index (χ2v) is 4.96. The number of amides is 1. The van der Waals surface area contributed by atoms with Gasteiger partial charge in [0.25, 0.3) is 0 Å². The standard InChI is InChI=1S/C13H16ClFN2O/c1-9(13(18)17-6-2-3-7-17)16-12-8-10(14)4-5-11(12)15/h4-5,8-9,16H,2-3,6-7H2,1H3. The third kappa shape index (κ3) is 2.93. The number of hydrogen-bond acceptors (Lipinski definition) is 2. The minimum atomic E-state index is -0.448. The summed E-state index contributed by atoms with van der Waals surface area (Å²) < 4.78 is 13.5. The number of nitrogens with one attached hydrogen (secondary N) is 1. The maximum absolute atomic E-state index is 13.5. The van der Waals surface area contributed by atoms with Crippen LogP contribution in [0, 0.1) is 5.82 Å². The summed E-state index contributed by atoms with van der Waals surface area (Å²) in [5, 5.41) is 3.32. The lowest BCUT2D eigenvalue weighted by molar-refractivity contribution is -0.130. The van der Waals surface area contributed by atoms with Crippen molar-refractivity contribution in [2.75, 3.05) is 18.4 Å². The van der Waals surface area contributed by atoms with Gasteiger partial charge in [-0.2, -0.15) is 0 Å². The van der Waals surface area contributed by atoms with Crippen LogP contribution in [0.2, 0.25) is 5.02 Å². The van der Waals surface area contributed by atoms with E-state index >= 15 is 0 Å². The smallest absolute Gasteiger partial charge is 0.244 e. The van der Waals surface area contributed by atoms with E-state index in [-0.39, 0.29) is 11.6 Å². The Hall–Kier alpha value is -1.29. The van der Waals surface area contributed by atoms with E-state index in [0.717, 1.165) is 25.9 Å². The predicted molar refractivity (Wildman–Crippen MR) is 70.3 cm³/mol. The van der Waals surface area contributed by atoms with Crippen molar-refractivity contribution in [3.8, 4) is 0 Å². The molecule has 3 nitrogen and oxygen atoms in total. The Morgan fingerprint density at radius 3 is 2.78 bits per heavy atom. The zero-order valence-corrected chi connectivity index (χ0v) is 11.0. The first-order valence-corrected chi connectivity index (χ1v) is 6.46. The van der Waals surface area contributed by atoms with Crippen LogP contribution in [0.1, 0.15) is 19.8 Å². The van der Waals surface area contributed by atoms with Crippen LogP contribution in [0.3, 0.4) is 0 Å². The average Bonchev–Trinajstić information content (AvgIpc) is 2.86.